The van der Waals surface area contributed by atoms with E-state index in [1.165, 1.54) is 0 Å². The smallest absolute Gasteiger partial charge is 0.329 e. The molecule has 0 spiro atoms. The van der Waals surface area contributed by atoms with Gasteiger partial charge in [0.15, 0.2) is 0 Å². The van der Waals surface area contributed by atoms with Crippen molar-refractivity contribution in [2.45, 2.75) is 72.3 Å². The second-order valence-corrected chi connectivity index (χ2v) is 11.4. The number of nitrogens with one attached hydrogen (secondary N) is 3. The second kappa shape index (κ2) is 13.1. The number of carbonyl (C=O) groups excluding carboxylic acids is 2. The minimum absolute atomic E-state index is 0.178. The summed E-state index contributed by atoms with van der Waals surface area (Å²) in [5.74, 6) is -1.05. The van der Waals surface area contributed by atoms with E-state index in [2.05, 4.69) is 16.0 Å². The molecule has 8 heteroatoms. The van der Waals surface area contributed by atoms with Crippen LogP contribution in [0.3, 0.4) is 0 Å². The average molecular weight is 572 g/mol. The van der Waals surface area contributed by atoms with Gasteiger partial charge in [0.25, 0.3) is 5.91 Å². The first-order valence-corrected chi connectivity index (χ1v) is 14.6. The molecule has 0 unspecified atom stereocenters. The van der Waals surface area contributed by atoms with E-state index in [0.717, 1.165) is 65.7 Å². The lowest BCUT2D eigenvalue weighted by atomic mass is 9.75. The van der Waals surface area contributed by atoms with Crippen LogP contribution in [0.25, 0.3) is 11.1 Å². The molecule has 0 saturated heterocycles. The summed E-state index contributed by atoms with van der Waals surface area (Å²) < 4.78 is 5.56. The van der Waals surface area contributed by atoms with E-state index in [0.29, 0.717) is 12.3 Å². The SMILES string of the molecule is CCOc1ccc(-c2ccc(C(=O)N[C@](C)(C(=O)O)C3CCCCC3)c(NC(=O)Nc3c(C)cc(C)cc3C)c2)cc1. The fourth-order valence-electron chi connectivity index (χ4n) is 5.89. The molecule has 42 heavy (non-hydrogen) atoms. The Morgan fingerprint density at radius 3 is 2.10 bits per heavy atom. The minimum atomic E-state index is -1.43. The van der Waals surface area contributed by atoms with E-state index >= 15 is 0 Å². The summed E-state index contributed by atoms with van der Waals surface area (Å²) in [6.45, 7) is 9.92. The molecular weight excluding hydrogens is 530 g/mol. The summed E-state index contributed by atoms with van der Waals surface area (Å²) in [6.07, 6.45) is 4.41. The predicted octanol–water partition coefficient (Wildman–Crippen LogP) is 7.47. The van der Waals surface area contributed by atoms with E-state index in [1.807, 2.05) is 64.1 Å². The van der Waals surface area contributed by atoms with E-state index in [-0.39, 0.29) is 17.2 Å². The molecule has 1 fully saturated rings. The maximum Gasteiger partial charge on any atom is 0.329 e. The first-order valence-electron chi connectivity index (χ1n) is 14.6. The zero-order chi connectivity index (χ0) is 30.4. The lowest BCUT2D eigenvalue weighted by Gasteiger charge is -2.37. The van der Waals surface area contributed by atoms with Crippen LogP contribution in [0.2, 0.25) is 0 Å². The zero-order valence-corrected chi connectivity index (χ0v) is 25.1. The monoisotopic (exact) mass is 571 g/mol. The lowest BCUT2D eigenvalue weighted by molar-refractivity contribution is -0.146. The van der Waals surface area contributed by atoms with Crippen LogP contribution in [0.1, 0.15) is 73.0 Å². The molecule has 4 rings (SSSR count). The predicted molar refractivity (Wildman–Crippen MR) is 166 cm³/mol. The fourth-order valence-corrected chi connectivity index (χ4v) is 5.89. The molecule has 0 bridgehead atoms. The van der Waals surface area contributed by atoms with Crippen molar-refractivity contribution in [3.8, 4) is 16.9 Å². The van der Waals surface area contributed by atoms with Crippen molar-refractivity contribution < 1.29 is 24.2 Å². The number of anilines is 2. The number of rotatable bonds is 9. The number of carboxylic acids is 1. The van der Waals surface area contributed by atoms with Crippen LogP contribution < -0.4 is 20.7 Å². The number of hydrogen-bond acceptors (Lipinski definition) is 4. The highest BCUT2D eigenvalue weighted by atomic mass is 16.5. The van der Waals surface area contributed by atoms with Gasteiger partial charge in [-0.05, 0) is 99.9 Å². The Bertz CT molecular complexity index is 1440. The minimum Gasteiger partial charge on any atom is -0.494 e. The van der Waals surface area contributed by atoms with Crippen LogP contribution >= 0.6 is 0 Å². The van der Waals surface area contributed by atoms with Crippen LogP contribution in [0.15, 0.2) is 54.6 Å². The van der Waals surface area contributed by atoms with Crippen LogP contribution in [-0.2, 0) is 4.79 Å². The highest BCUT2D eigenvalue weighted by Gasteiger charge is 2.43. The highest BCUT2D eigenvalue weighted by Crippen LogP contribution is 2.34. The van der Waals surface area contributed by atoms with Crippen molar-refractivity contribution in [1.82, 2.24) is 5.32 Å². The van der Waals surface area contributed by atoms with Gasteiger partial charge in [-0.25, -0.2) is 9.59 Å². The summed E-state index contributed by atoms with van der Waals surface area (Å²) in [4.78, 5) is 39.5. The number of ether oxygens (including phenoxy) is 1. The van der Waals surface area contributed by atoms with Gasteiger partial charge < -0.3 is 25.8 Å². The maximum absolute atomic E-state index is 13.7. The van der Waals surface area contributed by atoms with E-state index < -0.39 is 23.4 Å². The molecule has 0 aliphatic heterocycles. The molecule has 0 aromatic heterocycles. The molecule has 0 heterocycles. The van der Waals surface area contributed by atoms with Crippen molar-refractivity contribution in [3.63, 3.8) is 0 Å². The Hall–Kier alpha value is -4.33. The van der Waals surface area contributed by atoms with Gasteiger partial charge in [0, 0.05) is 5.69 Å². The fraction of sp³-hybridized carbons (Fsp3) is 0.382. The molecular formula is C34H41N3O5. The number of benzene rings is 3. The first-order chi connectivity index (χ1) is 20.0. The van der Waals surface area contributed by atoms with Gasteiger partial charge in [-0.3, -0.25) is 4.79 Å². The van der Waals surface area contributed by atoms with E-state index in [1.54, 1.807) is 25.1 Å². The summed E-state index contributed by atoms with van der Waals surface area (Å²) in [7, 11) is 0. The highest BCUT2D eigenvalue weighted by molar-refractivity contribution is 6.08. The third kappa shape index (κ3) is 6.93. The van der Waals surface area contributed by atoms with Crippen LogP contribution in [-0.4, -0.2) is 35.2 Å². The summed E-state index contributed by atoms with van der Waals surface area (Å²) in [5.41, 5.74) is 4.32. The third-order valence-corrected chi connectivity index (χ3v) is 8.17. The Kier molecular flexibility index (Phi) is 9.55. The van der Waals surface area contributed by atoms with Gasteiger partial charge in [0.2, 0.25) is 0 Å². The second-order valence-electron chi connectivity index (χ2n) is 11.4. The summed E-state index contributed by atoms with van der Waals surface area (Å²) in [6, 6.07) is 16.2. The molecule has 0 radical (unpaired) electrons. The number of amides is 3. The molecule has 3 aromatic carbocycles. The largest absolute Gasteiger partial charge is 0.494 e. The standard InChI is InChI=1S/C34H41N3O5/c1-6-42-27-15-12-24(13-16-27)25-14-17-28(31(38)37-34(5,32(39)40)26-10-8-7-9-11-26)29(20-25)35-33(41)36-30-22(3)18-21(2)19-23(30)4/h12-20,26H,6-11H2,1-5H3,(H,37,38)(H,39,40)(H2,35,36,41)/t34-/m0/s1. The Balaban J connectivity index is 1.68. The molecule has 1 saturated carbocycles. The number of carboxylic acid groups (broad SMARTS) is 1. The Morgan fingerprint density at radius 2 is 1.50 bits per heavy atom. The normalized spacial score (nSPS) is 14.9. The Morgan fingerprint density at radius 1 is 0.881 bits per heavy atom. The molecule has 1 atom stereocenters. The van der Waals surface area contributed by atoms with E-state index in [4.69, 9.17) is 4.74 Å². The van der Waals surface area contributed by atoms with Crippen LogP contribution in [0.4, 0.5) is 16.2 Å². The molecule has 4 N–H and O–H groups in total. The number of carbonyl (C=O) groups is 3. The number of hydrogen-bond donors (Lipinski definition) is 4. The average Bonchev–Trinajstić information content (AvgIpc) is 2.95. The van der Waals surface area contributed by atoms with Gasteiger partial charge in [-0.1, -0.05) is 55.2 Å². The Labute approximate surface area is 247 Å². The van der Waals surface area contributed by atoms with Crippen LogP contribution in [0.5, 0.6) is 5.75 Å². The number of urea groups is 1. The molecule has 222 valence electrons. The van der Waals surface area contributed by atoms with Gasteiger partial charge in [-0.2, -0.15) is 0 Å². The first kappa shape index (κ1) is 30.6. The van der Waals surface area contributed by atoms with Crippen molar-refractivity contribution in [2.24, 2.45) is 5.92 Å². The zero-order valence-electron chi connectivity index (χ0n) is 25.1. The number of aryl methyl sites for hydroxylation is 3. The summed E-state index contributed by atoms with van der Waals surface area (Å²) >= 11 is 0. The van der Waals surface area contributed by atoms with Crippen molar-refractivity contribution in [3.05, 3.63) is 76.9 Å². The van der Waals surface area contributed by atoms with Crippen LogP contribution in [0, 0.1) is 26.7 Å². The van der Waals surface area contributed by atoms with Crippen molar-refractivity contribution in [1.29, 1.82) is 0 Å². The maximum atomic E-state index is 13.7. The molecule has 3 amide bonds. The van der Waals surface area contributed by atoms with E-state index in [9.17, 15) is 19.5 Å². The van der Waals surface area contributed by atoms with Gasteiger partial charge in [0.05, 0.1) is 17.9 Å². The molecule has 8 nitrogen and oxygen atoms in total. The summed E-state index contributed by atoms with van der Waals surface area (Å²) in [5, 5.41) is 18.8. The molecule has 1 aliphatic carbocycles. The topological polar surface area (TPSA) is 117 Å². The van der Waals surface area contributed by atoms with Gasteiger partial charge in [-0.15, -0.1) is 0 Å². The lowest BCUT2D eigenvalue weighted by Crippen LogP contribution is -2.57. The third-order valence-electron chi connectivity index (χ3n) is 8.17. The molecule has 1 aliphatic rings. The van der Waals surface area contributed by atoms with Gasteiger partial charge in [0.1, 0.15) is 11.3 Å². The quantitative estimate of drug-likeness (QED) is 0.212. The molecule has 3 aromatic rings. The van der Waals surface area contributed by atoms with Gasteiger partial charge >= 0.3 is 12.0 Å². The number of aliphatic carboxylic acids is 1. The van der Waals surface area contributed by atoms with Crippen molar-refractivity contribution >= 4 is 29.3 Å². The van der Waals surface area contributed by atoms with Crippen molar-refractivity contribution in [2.75, 3.05) is 17.2 Å².